The molecule has 2 aromatic rings. The van der Waals surface area contributed by atoms with E-state index in [1.165, 1.54) is 6.07 Å². The van der Waals surface area contributed by atoms with Crippen molar-refractivity contribution in [1.29, 1.82) is 0 Å². The molecule has 0 aliphatic rings. The Morgan fingerprint density at radius 1 is 1.36 bits per heavy atom. The minimum absolute atomic E-state index is 0.198. The van der Waals surface area contributed by atoms with Crippen LogP contribution in [-0.4, -0.2) is 4.98 Å². The fourth-order valence-corrected chi connectivity index (χ4v) is 1.62. The molecule has 0 bridgehead atoms. The fraction of sp³-hybridized carbons (Fsp3) is 0. The second-order valence-electron chi connectivity index (χ2n) is 2.30. The van der Waals surface area contributed by atoms with E-state index in [1.807, 2.05) is 6.07 Å². The third kappa shape index (κ3) is 0.959. The molecule has 1 heterocycles. The van der Waals surface area contributed by atoms with Gasteiger partial charge in [-0.15, -0.1) is 0 Å². The predicted octanol–water partition coefficient (Wildman–Crippen LogP) is 3.07. The van der Waals surface area contributed by atoms with Crippen LogP contribution in [0.15, 0.2) is 28.9 Å². The van der Waals surface area contributed by atoms with Gasteiger partial charge in [0.05, 0.1) is 0 Å². The van der Waals surface area contributed by atoms with Crippen molar-refractivity contribution < 1.29 is 4.39 Å². The SMILES string of the molecule is Fc1cccc2[nH]cc(Br)c12. The first-order valence-corrected chi connectivity index (χ1v) is 3.99. The van der Waals surface area contributed by atoms with Gasteiger partial charge in [-0.1, -0.05) is 6.07 Å². The van der Waals surface area contributed by atoms with E-state index in [9.17, 15) is 4.39 Å². The molecule has 0 saturated heterocycles. The molecule has 3 heteroatoms. The molecule has 56 valence electrons. The van der Waals surface area contributed by atoms with Crippen molar-refractivity contribution in [1.82, 2.24) is 4.98 Å². The topological polar surface area (TPSA) is 15.8 Å². The van der Waals surface area contributed by atoms with Crippen LogP contribution in [0.25, 0.3) is 10.9 Å². The average molecular weight is 214 g/mol. The molecular weight excluding hydrogens is 209 g/mol. The lowest BCUT2D eigenvalue weighted by atomic mass is 10.2. The molecular formula is C8H5BrFN. The van der Waals surface area contributed by atoms with Crippen LogP contribution in [0.3, 0.4) is 0 Å². The molecule has 0 unspecified atom stereocenters. The number of H-pyrrole nitrogens is 1. The van der Waals surface area contributed by atoms with Crippen LogP contribution in [0.4, 0.5) is 4.39 Å². The van der Waals surface area contributed by atoms with Gasteiger partial charge in [-0.05, 0) is 28.1 Å². The summed E-state index contributed by atoms with van der Waals surface area (Å²) in [7, 11) is 0. The highest BCUT2D eigenvalue weighted by atomic mass is 79.9. The Labute approximate surface area is 71.4 Å². The summed E-state index contributed by atoms with van der Waals surface area (Å²) >= 11 is 3.25. The van der Waals surface area contributed by atoms with E-state index in [4.69, 9.17) is 0 Å². The quantitative estimate of drug-likeness (QED) is 0.693. The second kappa shape index (κ2) is 2.34. The van der Waals surface area contributed by atoms with Gasteiger partial charge in [0, 0.05) is 21.6 Å². The maximum atomic E-state index is 13.0. The van der Waals surface area contributed by atoms with Crippen LogP contribution in [0.1, 0.15) is 0 Å². The van der Waals surface area contributed by atoms with Gasteiger partial charge in [-0.2, -0.15) is 0 Å². The molecule has 11 heavy (non-hydrogen) atoms. The van der Waals surface area contributed by atoms with E-state index in [2.05, 4.69) is 20.9 Å². The third-order valence-electron chi connectivity index (χ3n) is 1.61. The molecule has 0 saturated carbocycles. The first-order chi connectivity index (χ1) is 5.29. The van der Waals surface area contributed by atoms with E-state index in [0.717, 1.165) is 9.99 Å². The zero-order valence-electron chi connectivity index (χ0n) is 5.57. The van der Waals surface area contributed by atoms with Gasteiger partial charge in [0.15, 0.2) is 0 Å². The van der Waals surface area contributed by atoms with Crippen LogP contribution >= 0.6 is 15.9 Å². The number of halogens is 2. The molecule has 1 nitrogen and oxygen atoms in total. The average Bonchev–Trinajstić information content (AvgIpc) is 2.34. The van der Waals surface area contributed by atoms with Crippen LogP contribution in [0, 0.1) is 5.82 Å². The maximum absolute atomic E-state index is 13.0. The van der Waals surface area contributed by atoms with Crippen LogP contribution < -0.4 is 0 Å². The van der Waals surface area contributed by atoms with Crippen molar-refractivity contribution in [3.63, 3.8) is 0 Å². The Morgan fingerprint density at radius 2 is 2.18 bits per heavy atom. The van der Waals surface area contributed by atoms with Crippen molar-refractivity contribution in [3.05, 3.63) is 34.7 Å². The molecule has 0 spiro atoms. The Kier molecular flexibility index (Phi) is 1.46. The number of fused-ring (bicyclic) bond motifs is 1. The lowest BCUT2D eigenvalue weighted by Crippen LogP contribution is -1.73. The molecule has 0 atom stereocenters. The molecule has 0 aliphatic carbocycles. The van der Waals surface area contributed by atoms with Crippen LogP contribution in [-0.2, 0) is 0 Å². The lowest BCUT2D eigenvalue weighted by Gasteiger charge is -1.90. The van der Waals surface area contributed by atoms with Crippen molar-refractivity contribution in [2.75, 3.05) is 0 Å². The molecule has 1 aromatic carbocycles. The lowest BCUT2D eigenvalue weighted by molar-refractivity contribution is 0.639. The van der Waals surface area contributed by atoms with Gasteiger partial charge in [0.25, 0.3) is 0 Å². The predicted molar refractivity (Wildman–Crippen MR) is 46.0 cm³/mol. The summed E-state index contributed by atoms with van der Waals surface area (Å²) in [5.74, 6) is -0.198. The van der Waals surface area contributed by atoms with Crippen LogP contribution in [0.5, 0.6) is 0 Å². The van der Waals surface area contributed by atoms with E-state index in [0.29, 0.717) is 5.39 Å². The Bertz CT molecular complexity index is 394. The van der Waals surface area contributed by atoms with Crippen LogP contribution in [0.2, 0.25) is 0 Å². The van der Waals surface area contributed by atoms with Gasteiger partial charge < -0.3 is 4.98 Å². The van der Waals surface area contributed by atoms with Crippen molar-refractivity contribution in [2.45, 2.75) is 0 Å². The molecule has 2 rings (SSSR count). The largest absolute Gasteiger partial charge is 0.360 e. The highest BCUT2D eigenvalue weighted by Crippen LogP contribution is 2.25. The molecule has 0 fully saturated rings. The molecule has 0 amide bonds. The minimum atomic E-state index is -0.198. The number of hydrogen-bond donors (Lipinski definition) is 1. The van der Waals surface area contributed by atoms with Crippen molar-refractivity contribution in [2.24, 2.45) is 0 Å². The van der Waals surface area contributed by atoms with Gasteiger partial charge >= 0.3 is 0 Å². The Hall–Kier alpha value is -0.830. The number of hydrogen-bond acceptors (Lipinski definition) is 0. The first kappa shape index (κ1) is 6.85. The number of aromatic amines is 1. The normalized spacial score (nSPS) is 10.7. The standard InChI is InChI=1S/C8H5BrFN/c9-5-4-11-7-3-1-2-6(10)8(5)7/h1-4,11H. The van der Waals surface area contributed by atoms with E-state index >= 15 is 0 Å². The summed E-state index contributed by atoms with van der Waals surface area (Å²) in [5.41, 5.74) is 0.817. The number of rotatable bonds is 0. The van der Waals surface area contributed by atoms with E-state index < -0.39 is 0 Å². The summed E-state index contributed by atoms with van der Waals surface area (Å²) in [5, 5.41) is 0.618. The first-order valence-electron chi connectivity index (χ1n) is 3.20. The van der Waals surface area contributed by atoms with Gasteiger partial charge in [-0.3, -0.25) is 0 Å². The second-order valence-corrected chi connectivity index (χ2v) is 3.15. The Morgan fingerprint density at radius 3 is 2.91 bits per heavy atom. The van der Waals surface area contributed by atoms with Gasteiger partial charge in [0.2, 0.25) is 0 Å². The highest BCUT2D eigenvalue weighted by Gasteiger charge is 2.04. The summed E-state index contributed by atoms with van der Waals surface area (Å²) in [4.78, 5) is 2.94. The molecule has 1 aromatic heterocycles. The van der Waals surface area contributed by atoms with Crippen molar-refractivity contribution >= 4 is 26.8 Å². The summed E-state index contributed by atoms with van der Waals surface area (Å²) in [6.45, 7) is 0. The summed E-state index contributed by atoms with van der Waals surface area (Å²) < 4.78 is 13.8. The number of aromatic nitrogens is 1. The maximum Gasteiger partial charge on any atom is 0.133 e. The van der Waals surface area contributed by atoms with Gasteiger partial charge in [-0.25, -0.2) is 4.39 Å². The Balaban J connectivity index is 2.96. The fourth-order valence-electron chi connectivity index (χ4n) is 1.10. The van der Waals surface area contributed by atoms with E-state index in [1.54, 1.807) is 12.3 Å². The number of nitrogens with one attached hydrogen (secondary N) is 1. The summed E-state index contributed by atoms with van der Waals surface area (Å²) in [6, 6.07) is 4.96. The minimum Gasteiger partial charge on any atom is -0.360 e. The van der Waals surface area contributed by atoms with Gasteiger partial charge in [0.1, 0.15) is 5.82 Å². The third-order valence-corrected chi connectivity index (χ3v) is 2.23. The highest BCUT2D eigenvalue weighted by molar-refractivity contribution is 9.10. The summed E-state index contributed by atoms with van der Waals surface area (Å²) in [6.07, 6.45) is 1.73. The monoisotopic (exact) mass is 213 g/mol. The smallest absolute Gasteiger partial charge is 0.133 e. The zero-order chi connectivity index (χ0) is 7.84. The van der Waals surface area contributed by atoms with Crippen molar-refractivity contribution in [3.8, 4) is 0 Å². The molecule has 1 N–H and O–H groups in total. The molecule has 0 radical (unpaired) electrons. The molecule has 0 aliphatic heterocycles. The number of benzene rings is 1. The van der Waals surface area contributed by atoms with E-state index in [-0.39, 0.29) is 5.82 Å². The zero-order valence-corrected chi connectivity index (χ0v) is 7.15.